The minimum atomic E-state index is -5.10. The summed E-state index contributed by atoms with van der Waals surface area (Å²) in [5.41, 5.74) is 0. The Hall–Kier alpha value is -1.59. The number of hydrogen-bond acceptors (Lipinski definition) is 1. The zero-order valence-electron chi connectivity index (χ0n) is 6.53. The van der Waals surface area contributed by atoms with E-state index in [2.05, 4.69) is 0 Å². The molecule has 13 heavy (non-hydrogen) atoms. The van der Waals surface area contributed by atoms with E-state index in [1.807, 2.05) is 0 Å². The number of nitrogens with zero attached hydrogens (tertiary/aromatic N) is 1. The molecule has 0 aliphatic rings. The minimum absolute atomic E-state index is 0.116. The predicted octanol–water partition coefficient (Wildman–Crippen LogP) is 2.19. The molecule has 1 nitrogen and oxygen atoms in total. The Morgan fingerprint density at radius 2 is 1.54 bits per heavy atom. The second-order valence-electron chi connectivity index (χ2n) is 2.08. The van der Waals surface area contributed by atoms with Crippen LogP contribution in [-0.2, 0) is 0 Å². The van der Waals surface area contributed by atoms with E-state index in [1.165, 1.54) is 0 Å². The summed E-state index contributed by atoms with van der Waals surface area (Å²) < 4.78 is 68.6. The van der Waals surface area contributed by atoms with Gasteiger partial charge in [-0.2, -0.15) is 0 Å². The molecule has 0 amide bonds. The maximum absolute atomic E-state index is 12.3. The maximum atomic E-state index is 12.3. The van der Waals surface area contributed by atoms with Crippen LogP contribution in [0.15, 0.2) is 0 Å². The van der Waals surface area contributed by atoms with Gasteiger partial charge in [-0.3, -0.25) is 0 Å². The van der Waals surface area contributed by atoms with Gasteiger partial charge in [0.2, 0.25) is 0 Å². The zero-order valence-corrected chi connectivity index (χ0v) is 9.16. The molecule has 0 aliphatic carbocycles. The Balaban J connectivity index is 4.59. The van der Waals surface area contributed by atoms with Gasteiger partial charge in [-0.05, 0) is 0 Å². The van der Waals surface area contributed by atoms with Gasteiger partial charge in [0.05, 0.1) is 0 Å². The molecule has 0 atom stereocenters. The second-order valence-corrected chi connectivity index (χ2v) is 5.59. The van der Waals surface area contributed by atoms with E-state index in [0.29, 0.717) is 6.92 Å². The summed E-state index contributed by atoms with van der Waals surface area (Å²) >= 11 is 0. The molecule has 0 radical (unpaired) electrons. The van der Waals surface area contributed by atoms with Crippen LogP contribution < -0.4 is 0 Å². The van der Waals surface area contributed by atoms with Crippen molar-refractivity contribution in [2.24, 2.45) is 0 Å². The zero-order chi connectivity index (χ0) is 10.9. The average Bonchev–Trinajstić information content (AvgIpc) is 1.82. The molecule has 0 unspecified atom stereocenters. The monoisotopic (exact) mass is 443 g/mol. The fraction of sp³-hybridized carbons (Fsp3) is 0.800. The van der Waals surface area contributed by atoms with Crippen LogP contribution in [0, 0.1) is 0 Å². The summed E-state index contributed by atoms with van der Waals surface area (Å²) in [6.45, 7) is -1.86. The van der Waals surface area contributed by atoms with Crippen LogP contribution >= 0.6 is 0 Å². The predicted molar refractivity (Wildman–Crippen MR) is 30.6 cm³/mol. The average molecular weight is 445 g/mol. The van der Waals surface area contributed by atoms with Gasteiger partial charge in [0.1, 0.15) is 0 Å². The first-order valence-electron chi connectivity index (χ1n) is 2.85. The van der Waals surface area contributed by atoms with Gasteiger partial charge in [0.25, 0.3) is 0 Å². The van der Waals surface area contributed by atoms with Gasteiger partial charge in [-0.15, -0.1) is 0 Å². The van der Waals surface area contributed by atoms with E-state index in [9.17, 15) is 26.3 Å². The SMILES string of the molecule is C[N]([Cf]=[C](F)C(F)(F)F)C(C)(F)F. The second kappa shape index (κ2) is 3.04. The molecule has 0 bridgehead atoms. The van der Waals surface area contributed by atoms with E-state index in [1.54, 1.807) is 0 Å². The Bertz CT molecular complexity index is 204. The number of rotatable bonds is 2. The third-order valence-electron chi connectivity index (χ3n) is 0.882. The van der Waals surface area contributed by atoms with Crippen LogP contribution in [0.1, 0.15) is 6.92 Å². The standard InChI is InChI=1S/C3H6F2N.C2F4.Cf/c1-3(4,5)6-2;3-1-2(4,5)6;/h1-2H3;;/q-1;;+1. The topological polar surface area (TPSA) is 3.24 Å². The summed E-state index contributed by atoms with van der Waals surface area (Å²) in [5.74, 6) is 0. The van der Waals surface area contributed by atoms with Crippen molar-refractivity contribution in [3.05, 3.63) is 0 Å². The Morgan fingerprint density at radius 1 is 1.15 bits per heavy atom. The molecule has 8 heteroatoms. The van der Waals surface area contributed by atoms with Crippen molar-refractivity contribution in [1.29, 1.82) is 0 Å². The van der Waals surface area contributed by atoms with Crippen LogP contribution in [0.4, 0.5) is 26.3 Å². The molecule has 0 fully saturated rings. The van der Waals surface area contributed by atoms with Crippen LogP contribution in [0.3, 0.4) is 0 Å². The molecule has 0 rings (SSSR count). The molecular weight excluding hydrogens is 439 g/mol. The van der Waals surface area contributed by atoms with E-state index in [-0.39, 0.29) is 5.32 Å². The van der Waals surface area contributed by atoms with Crippen LogP contribution in [0.25, 0.3) is 0 Å². The molecule has 0 aliphatic heterocycles. The third-order valence-corrected chi connectivity index (χ3v) is 4.06. The summed E-state index contributed by atoms with van der Waals surface area (Å²) in [6, 6.07) is -3.40. The van der Waals surface area contributed by atoms with E-state index in [0.717, 1.165) is 7.05 Å². The van der Waals surface area contributed by atoms with Crippen molar-refractivity contribution in [3.63, 3.8) is 0 Å². The molecule has 83 valence electrons. The van der Waals surface area contributed by atoms with Gasteiger partial charge < -0.3 is 0 Å². The summed E-state index contributed by atoms with van der Waals surface area (Å²) in [7, 11) is 0.765. The molecule has 0 aromatic carbocycles. The molecule has 0 saturated carbocycles. The van der Waals surface area contributed by atoms with Crippen LogP contribution in [-0.4, -0.2) is 31.3 Å². The Kier molecular flexibility index (Phi) is 2.67. The normalized spacial score (nSPS) is 14.7. The first kappa shape index (κ1) is 11.4. The first-order valence-corrected chi connectivity index (χ1v) is 5.35. The van der Waals surface area contributed by atoms with E-state index in [4.69, 9.17) is 0 Å². The Morgan fingerprint density at radius 3 is 1.77 bits per heavy atom. The number of halogens is 6. The number of hydrogen-bond donors (Lipinski definition) is 0. The Labute approximate surface area is 65.7 Å². The molecule has 0 aromatic heterocycles. The van der Waals surface area contributed by atoms with Crippen LogP contribution in [0.2, 0.25) is 0 Å². The van der Waals surface area contributed by atoms with Crippen molar-refractivity contribution < 1.29 is 26.3 Å². The summed E-state index contributed by atoms with van der Waals surface area (Å²) in [6.07, 6.45) is -5.10. The van der Waals surface area contributed by atoms with E-state index >= 15 is 0 Å². The van der Waals surface area contributed by atoms with Gasteiger partial charge >= 0.3 is 64.5 Å². The van der Waals surface area contributed by atoms with Gasteiger partial charge in [-0.25, -0.2) is 0 Å². The molecule has 0 N–H and O–H groups in total. The molecule has 0 spiro atoms. The van der Waals surface area contributed by atoms with E-state index < -0.39 is 18.9 Å². The quantitative estimate of drug-likeness (QED) is 0.466. The van der Waals surface area contributed by atoms with Crippen molar-refractivity contribution in [3.8, 4) is 0 Å². The first-order chi connectivity index (χ1) is 5.55. The summed E-state index contributed by atoms with van der Waals surface area (Å²) in [5, 5.41) is 0.116. The van der Waals surface area contributed by atoms with Crippen molar-refractivity contribution in [2.75, 3.05) is 7.05 Å². The molecule has 0 aromatic rings. The van der Waals surface area contributed by atoms with Crippen molar-refractivity contribution in [2.45, 2.75) is 19.1 Å². The fourth-order valence-corrected chi connectivity index (χ4v) is 1.82. The molecular formula is C5H6CfF6N. The third kappa shape index (κ3) is 3.55. The van der Waals surface area contributed by atoms with Crippen LogP contribution in [0.5, 0.6) is 0 Å². The van der Waals surface area contributed by atoms with Gasteiger partial charge in [0, 0.05) is 0 Å². The van der Waals surface area contributed by atoms with Crippen molar-refractivity contribution in [1.82, 2.24) is 5.32 Å². The van der Waals surface area contributed by atoms with Gasteiger partial charge in [-0.1, -0.05) is 0 Å². The number of alkyl halides is 5. The van der Waals surface area contributed by atoms with Crippen molar-refractivity contribution >= 4 is 6.67 Å². The molecule has 0 heterocycles. The fourth-order valence-electron chi connectivity index (χ4n) is 0.195. The summed E-state index contributed by atoms with van der Waals surface area (Å²) in [4.78, 5) is 0. The molecule has 0 saturated heterocycles. The van der Waals surface area contributed by atoms with Gasteiger partial charge in [0.15, 0.2) is 0 Å².